The Balaban J connectivity index is 2.17. The van der Waals surface area contributed by atoms with Gasteiger partial charge in [-0.15, -0.1) is 0 Å². The SMILES string of the molecule is CC(C)CNC(=O)NC(=O)CN(C)C1CNC1. The molecule has 1 rings (SSSR count). The van der Waals surface area contributed by atoms with Crippen LogP contribution in [0.1, 0.15) is 13.8 Å². The number of amides is 3. The van der Waals surface area contributed by atoms with Gasteiger partial charge in [0.25, 0.3) is 0 Å². The lowest BCUT2D eigenvalue weighted by Gasteiger charge is -2.35. The molecule has 98 valence electrons. The summed E-state index contributed by atoms with van der Waals surface area (Å²) in [6.07, 6.45) is 0. The molecule has 6 heteroatoms. The minimum absolute atomic E-state index is 0.251. The summed E-state index contributed by atoms with van der Waals surface area (Å²) >= 11 is 0. The second-order valence-corrected chi connectivity index (χ2v) is 4.88. The van der Waals surface area contributed by atoms with Crippen LogP contribution in [0, 0.1) is 5.92 Å². The number of hydrogen-bond acceptors (Lipinski definition) is 4. The van der Waals surface area contributed by atoms with Gasteiger partial charge < -0.3 is 10.6 Å². The van der Waals surface area contributed by atoms with E-state index in [-0.39, 0.29) is 12.5 Å². The van der Waals surface area contributed by atoms with Gasteiger partial charge in [0.15, 0.2) is 0 Å². The topological polar surface area (TPSA) is 73.5 Å². The highest BCUT2D eigenvalue weighted by Gasteiger charge is 2.23. The van der Waals surface area contributed by atoms with E-state index in [2.05, 4.69) is 16.0 Å². The normalized spacial score (nSPS) is 15.8. The van der Waals surface area contributed by atoms with Crippen molar-refractivity contribution in [1.29, 1.82) is 0 Å². The molecule has 1 aliphatic rings. The van der Waals surface area contributed by atoms with Crippen LogP contribution in [0.15, 0.2) is 0 Å². The van der Waals surface area contributed by atoms with E-state index in [1.807, 2.05) is 25.8 Å². The van der Waals surface area contributed by atoms with Crippen LogP contribution in [-0.2, 0) is 4.79 Å². The van der Waals surface area contributed by atoms with Gasteiger partial charge in [0.05, 0.1) is 6.54 Å². The highest BCUT2D eigenvalue weighted by molar-refractivity contribution is 5.95. The molecule has 0 bridgehead atoms. The number of carbonyl (C=O) groups is 2. The zero-order valence-electron chi connectivity index (χ0n) is 10.7. The highest BCUT2D eigenvalue weighted by atomic mass is 16.2. The van der Waals surface area contributed by atoms with Crippen molar-refractivity contribution >= 4 is 11.9 Å². The molecule has 0 radical (unpaired) electrons. The summed E-state index contributed by atoms with van der Waals surface area (Å²) in [5.74, 6) is 0.111. The van der Waals surface area contributed by atoms with Gasteiger partial charge >= 0.3 is 6.03 Å². The van der Waals surface area contributed by atoms with E-state index in [9.17, 15) is 9.59 Å². The standard InChI is InChI=1S/C11H22N4O2/c1-8(2)4-13-11(17)14-10(16)7-15(3)9-5-12-6-9/h8-9,12H,4-7H2,1-3H3,(H2,13,14,16,17). The van der Waals surface area contributed by atoms with Crippen LogP contribution < -0.4 is 16.0 Å². The third-order valence-electron chi connectivity index (χ3n) is 2.70. The van der Waals surface area contributed by atoms with Gasteiger partial charge in [-0.05, 0) is 13.0 Å². The molecule has 0 aromatic carbocycles. The maximum absolute atomic E-state index is 11.5. The van der Waals surface area contributed by atoms with Gasteiger partial charge in [-0.1, -0.05) is 13.8 Å². The number of urea groups is 1. The Morgan fingerprint density at radius 1 is 1.41 bits per heavy atom. The first-order chi connectivity index (χ1) is 7.99. The van der Waals surface area contributed by atoms with Gasteiger partial charge in [0, 0.05) is 25.7 Å². The van der Waals surface area contributed by atoms with E-state index in [4.69, 9.17) is 0 Å². The Labute approximate surface area is 102 Å². The quantitative estimate of drug-likeness (QED) is 0.600. The first-order valence-corrected chi connectivity index (χ1v) is 5.97. The fourth-order valence-electron chi connectivity index (χ4n) is 1.45. The minimum atomic E-state index is -0.413. The van der Waals surface area contributed by atoms with E-state index in [0.717, 1.165) is 13.1 Å². The molecule has 1 heterocycles. The van der Waals surface area contributed by atoms with Crippen LogP contribution in [0.25, 0.3) is 0 Å². The lowest BCUT2D eigenvalue weighted by molar-refractivity contribution is -0.121. The minimum Gasteiger partial charge on any atom is -0.338 e. The van der Waals surface area contributed by atoms with E-state index in [1.54, 1.807) is 0 Å². The zero-order valence-corrected chi connectivity index (χ0v) is 10.7. The maximum Gasteiger partial charge on any atom is 0.321 e. The van der Waals surface area contributed by atoms with Crippen molar-refractivity contribution in [3.8, 4) is 0 Å². The molecule has 0 aromatic heterocycles. The maximum atomic E-state index is 11.5. The summed E-state index contributed by atoms with van der Waals surface area (Å²) in [6.45, 7) is 6.63. The van der Waals surface area contributed by atoms with Crippen molar-refractivity contribution in [3.63, 3.8) is 0 Å². The van der Waals surface area contributed by atoms with Gasteiger partial charge in [-0.2, -0.15) is 0 Å². The van der Waals surface area contributed by atoms with Crippen LogP contribution in [0.3, 0.4) is 0 Å². The molecule has 0 spiro atoms. The Morgan fingerprint density at radius 3 is 2.53 bits per heavy atom. The van der Waals surface area contributed by atoms with Crippen molar-refractivity contribution in [2.75, 3.05) is 33.2 Å². The molecule has 0 unspecified atom stereocenters. The molecule has 1 aliphatic heterocycles. The van der Waals surface area contributed by atoms with Crippen molar-refractivity contribution in [3.05, 3.63) is 0 Å². The van der Waals surface area contributed by atoms with Crippen molar-refractivity contribution in [2.45, 2.75) is 19.9 Å². The number of nitrogens with one attached hydrogen (secondary N) is 3. The summed E-state index contributed by atoms with van der Waals surface area (Å²) in [7, 11) is 1.89. The lowest BCUT2D eigenvalue weighted by atomic mass is 10.1. The summed E-state index contributed by atoms with van der Waals surface area (Å²) in [4.78, 5) is 24.8. The zero-order chi connectivity index (χ0) is 12.8. The van der Waals surface area contributed by atoms with Crippen LogP contribution >= 0.6 is 0 Å². The summed E-state index contributed by atoms with van der Waals surface area (Å²) in [5, 5.41) is 8.10. The predicted molar refractivity (Wildman–Crippen MR) is 65.7 cm³/mol. The number of rotatable bonds is 5. The number of nitrogens with zero attached hydrogens (tertiary/aromatic N) is 1. The molecule has 0 aromatic rings. The smallest absolute Gasteiger partial charge is 0.321 e. The van der Waals surface area contributed by atoms with E-state index in [1.165, 1.54) is 0 Å². The second kappa shape index (κ2) is 6.56. The van der Waals surface area contributed by atoms with Crippen molar-refractivity contribution in [2.24, 2.45) is 5.92 Å². The van der Waals surface area contributed by atoms with Crippen LogP contribution in [0.2, 0.25) is 0 Å². The van der Waals surface area contributed by atoms with Crippen LogP contribution in [0.5, 0.6) is 0 Å². The molecule has 17 heavy (non-hydrogen) atoms. The lowest BCUT2D eigenvalue weighted by Crippen LogP contribution is -2.58. The molecule has 6 nitrogen and oxygen atoms in total. The van der Waals surface area contributed by atoms with Gasteiger partial charge in [0.1, 0.15) is 0 Å². The number of hydrogen-bond donors (Lipinski definition) is 3. The molecule has 0 saturated carbocycles. The summed E-state index contributed by atoms with van der Waals surface area (Å²) < 4.78 is 0. The summed E-state index contributed by atoms with van der Waals surface area (Å²) in [6, 6.07) is -0.0108. The molecule has 3 N–H and O–H groups in total. The number of imide groups is 1. The van der Waals surface area contributed by atoms with Gasteiger partial charge in [-0.3, -0.25) is 15.0 Å². The Morgan fingerprint density at radius 2 is 2.06 bits per heavy atom. The molecular weight excluding hydrogens is 220 g/mol. The molecule has 1 fully saturated rings. The largest absolute Gasteiger partial charge is 0.338 e. The molecule has 1 saturated heterocycles. The van der Waals surface area contributed by atoms with Crippen LogP contribution in [0.4, 0.5) is 4.79 Å². The Bertz CT molecular complexity index is 277. The summed E-state index contributed by atoms with van der Waals surface area (Å²) in [5.41, 5.74) is 0. The monoisotopic (exact) mass is 242 g/mol. The van der Waals surface area contributed by atoms with Crippen molar-refractivity contribution < 1.29 is 9.59 Å². The van der Waals surface area contributed by atoms with Gasteiger partial charge in [-0.25, -0.2) is 4.79 Å². The first kappa shape index (κ1) is 13.9. The molecule has 3 amide bonds. The first-order valence-electron chi connectivity index (χ1n) is 5.97. The second-order valence-electron chi connectivity index (χ2n) is 4.88. The average Bonchev–Trinajstić information content (AvgIpc) is 2.11. The third kappa shape index (κ3) is 5.14. The van der Waals surface area contributed by atoms with Crippen LogP contribution in [-0.4, -0.2) is 56.1 Å². The highest BCUT2D eigenvalue weighted by Crippen LogP contribution is 2.00. The Kier molecular flexibility index (Phi) is 5.37. The van der Waals surface area contributed by atoms with E-state index < -0.39 is 6.03 Å². The van der Waals surface area contributed by atoms with E-state index in [0.29, 0.717) is 18.5 Å². The number of likely N-dealkylation sites (N-methyl/N-ethyl adjacent to an activating group) is 1. The molecular formula is C11H22N4O2. The fourth-order valence-corrected chi connectivity index (χ4v) is 1.45. The van der Waals surface area contributed by atoms with Crippen molar-refractivity contribution in [1.82, 2.24) is 20.9 Å². The average molecular weight is 242 g/mol. The third-order valence-corrected chi connectivity index (χ3v) is 2.70. The number of carbonyl (C=O) groups excluding carboxylic acids is 2. The molecule has 0 aliphatic carbocycles. The predicted octanol–water partition coefficient (Wildman–Crippen LogP) is -0.628. The fraction of sp³-hybridized carbons (Fsp3) is 0.818. The van der Waals surface area contributed by atoms with Gasteiger partial charge in [0.2, 0.25) is 5.91 Å². The van der Waals surface area contributed by atoms with E-state index >= 15 is 0 Å². The molecule has 0 atom stereocenters. The Hall–Kier alpha value is -1.14.